The molecule has 1 saturated heterocycles. The maximum absolute atomic E-state index is 10.8. The minimum Gasteiger partial charge on any atom is -0.376 e. The SMILES string of the molecule is CC(NC(=NCc1ccc([N+](=O)[O-])cc1)NCC1CCCO1)c1ccccc1. The summed E-state index contributed by atoms with van der Waals surface area (Å²) in [6.45, 7) is 4.04. The second-order valence-electron chi connectivity index (χ2n) is 6.88. The van der Waals surface area contributed by atoms with Crippen LogP contribution in [0.25, 0.3) is 0 Å². The van der Waals surface area contributed by atoms with Crippen molar-refractivity contribution in [1.29, 1.82) is 0 Å². The Bertz CT molecular complexity index is 787. The summed E-state index contributed by atoms with van der Waals surface area (Å²) in [6.07, 6.45) is 2.35. The molecule has 1 fully saturated rings. The Kier molecular flexibility index (Phi) is 6.97. The first kappa shape index (κ1) is 19.8. The van der Waals surface area contributed by atoms with E-state index < -0.39 is 4.92 Å². The number of ether oxygens (including phenoxy) is 1. The molecule has 3 rings (SSSR count). The van der Waals surface area contributed by atoms with E-state index in [-0.39, 0.29) is 17.8 Å². The van der Waals surface area contributed by atoms with Crippen LogP contribution in [0.15, 0.2) is 59.6 Å². The van der Waals surface area contributed by atoms with Gasteiger partial charge in [0.15, 0.2) is 5.96 Å². The fourth-order valence-corrected chi connectivity index (χ4v) is 3.09. The topological polar surface area (TPSA) is 88.8 Å². The molecule has 0 aliphatic carbocycles. The summed E-state index contributed by atoms with van der Waals surface area (Å²) >= 11 is 0. The Labute approximate surface area is 165 Å². The normalized spacial score (nSPS) is 17.9. The molecule has 0 spiro atoms. The predicted molar refractivity (Wildman–Crippen MR) is 109 cm³/mol. The summed E-state index contributed by atoms with van der Waals surface area (Å²) < 4.78 is 5.68. The van der Waals surface area contributed by atoms with Gasteiger partial charge in [0.2, 0.25) is 0 Å². The van der Waals surface area contributed by atoms with Gasteiger partial charge in [-0.05, 0) is 30.9 Å². The highest BCUT2D eigenvalue weighted by atomic mass is 16.6. The van der Waals surface area contributed by atoms with Gasteiger partial charge in [0, 0.05) is 25.3 Å². The van der Waals surface area contributed by atoms with Crippen LogP contribution in [-0.2, 0) is 11.3 Å². The number of hydrogen-bond acceptors (Lipinski definition) is 4. The Morgan fingerprint density at radius 1 is 1.25 bits per heavy atom. The number of nitro benzene ring substituents is 1. The summed E-state index contributed by atoms with van der Waals surface area (Å²) in [4.78, 5) is 15.1. The Morgan fingerprint density at radius 3 is 2.64 bits per heavy atom. The van der Waals surface area contributed by atoms with Crippen LogP contribution in [0.5, 0.6) is 0 Å². The molecule has 0 amide bonds. The number of benzene rings is 2. The summed E-state index contributed by atoms with van der Waals surface area (Å²) in [5.74, 6) is 0.699. The fraction of sp³-hybridized carbons (Fsp3) is 0.381. The largest absolute Gasteiger partial charge is 0.376 e. The van der Waals surface area contributed by atoms with Gasteiger partial charge in [-0.25, -0.2) is 4.99 Å². The number of guanidine groups is 1. The van der Waals surface area contributed by atoms with Crippen molar-refractivity contribution in [2.75, 3.05) is 13.2 Å². The highest BCUT2D eigenvalue weighted by molar-refractivity contribution is 5.80. The molecule has 2 N–H and O–H groups in total. The third-order valence-electron chi connectivity index (χ3n) is 4.74. The minimum absolute atomic E-state index is 0.0836. The molecule has 7 heteroatoms. The first-order chi connectivity index (χ1) is 13.6. The van der Waals surface area contributed by atoms with Crippen molar-refractivity contribution in [3.05, 3.63) is 75.8 Å². The minimum atomic E-state index is -0.398. The zero-order valence-corrected chi connectivity index (χ0v) is 16.0. The second-order valence-corrected chi connectivity index (χ2v) is 6.88. The van der Waals surface area contributed by atoms with Crippen LogP contribution < -0.4 is 10.6 Å². The van der Waals surface area contributed by atoms with Gasteiger partial charge in [-0.1, -0.05) is 42.5 Å². The first-order valence-electron chi connectivity index (χ1n) is 9.56. The number of non-ortho nitro benzene ring substituents is 1. The van der Waals surface area contributed by atoms with Crippen LogP contribution in [0.2, 0.25) is 0 Å². The van der Waals surface area contributed by atoms with Gasteiger partial charge in [0.25, 0.3) is 5.69 Å². The van der Waals surface area contributed by atoms with Gasteiger partial charge in [0.05, 0.1) is 23.6 Å². The molecule has 7 nitrogen and oxygen atoms in total. The second kappa shape index (κ2) is 9.85. The molecular formula is C21H26N4O3. The lowest BCUT2D eigenvalue weighted by atomic mass is 10.1. The molecule has 0 saturated carbocycles. The van der Waals surface area contributed by atoms with Gasteiger partial charge < -0.3 is 15.4 Å². The van der Waals surface area contributed by atoms with Crippen molar-refractivity contribution in [3.63, 3.8) is 0 Å². The lowest BCUT2D eigenvalue weighted by molar-refractivity contribution is -0.384. The van der Waals surface area contributed by atoms with E-state index >= 15 is 0 Å². The van der Waals surface area contributed by atoms with E-state index in [0.717, 1.165) is 25.0 Å². The van der Waals surface area contributed by atoms with E-state index in [1.807, 2.05) is 18.2 Å². The Morgan fingerprint density at radius 2 is 2.00 bits per heavy atom. The van der Waals surface area contributed by atoms with Gasteiger partial charge in [-0.3, -0.25) is 10.1 Å². The molecular weight excluding hydrogens is 356 g/mol. The van der Waals surface area contributed by atoms with Crippen LogP contribution in [0.3, 0.4) is 0 Å². The first-order valence-corrected chi connectivity index (χ1v) is 9.56. The van der Waals surface area contributed by atoms with Crippen molar-refractivity contribution in [3.8, 4) is 0 Å². The summed E-state index contributed by atoms with van der Waals surface area (Å²) in [5.41, 5.74) is 2.17. The van der Waals surface area contributed by atoms with Gasteiger partial charge in [-0.15, -0.1) is 0 Å². The standard InChI is InChI=1S/C21H26N4O3/c1-16(18-6-3-2-4-7-18)24-21(23-15-20-8-5-13-28-20)22-14-17-9-11-19(12-10-17)25(26)27/h2-4,6-7,9-12,16,20H,5,8,13-15H2,1H3,(H2,22,23,24). The quantitative estimate of drug-likeness (QED) is 0.331. The van der Waals surface area contributed by atoms with Gasteiger partial charge in [-0.2, -0.15) is 0 Å². The van der Waals surface area contributed by atoms with Crippen LogP contribution in [0, 0.1) is 10.1 Å². The maximum Gasteiger partial charge on any atom is 0.269 e. The molecule has 2 aromatic carbocycles. The van der Waals surface area contributed by atoms with Crippen LogP contribution in [-0.4, -0.2) is 30.1 Å². The van der Waals surface area contributed by atoms with Crippen molar-refractivity contribution < 1.29 is 9.66 Å². The molecule has 148 valence electrons. The Balaban J connectivity index is 1.66. The van der Waals surface area contributed by atoms with E-state index in [1.54, 1.807) is 12.1 Å². The van der Waals surface area contributed by atoms with Crippen LogP contribution in [0.1, 0.15) is 36.9 Å². The van der Waals surface area contributed by atoms with E-state index in [9.17, 15) is 10.1 Å². The van der Waals surface area contributed by atoms with Crippen molar-refractivity contribution in [2.24, 2.45) is 4.99 Å². The zero-order valence-electron chi connectivity index (χ0n) is 16.0. The number of aliphatic imine (C=N–C) groups is 1. The number of nitrogens with one attached hydrogen (secondary N) is 2. The summed E-state index contributed by atoms with van der Waals surface area (Å²) in [7, 11) is 0. The predicted octanol–water partition coefficient (Wildman–Crippen LogP) is 3.57. The molecule has 2 aromatic rings. The lowest BCUT2D eigenvalue weighted by Gasteiger charge is -2.20. The monoisotopic (exact) mass is 382 g/mol. The van der Waals surface area contributed by atoms with E-state index in [4.69, 9.17) is 4.74 Å². The smallest absolute Gasteiger partial charge is 0.269 e. The highest BCUT2D eigenvalue weighted by Crippen LogP contribution is 2.14. The average Bonchev–Trinajstić information content (AvgIpc) is 3.24. The third kappa shape index (κ3) is 5.79. The third-order valence-corrected chi connectivity index (χ3v) is 4.74. The molecule has 1 aliphatic rings. The fourth-order valence-electron chi connectivity index (χ4n) is 3.09. The van der Waals surface area contributed by atoms with Gasteiger partial charge in [0.1, 0.15) is 0 Å². The number of rotatable bonds is 7. The molecule has 0 bridgehead atoms. The average molecular weight is 382 g/mol. The number of nitro groups is 1. The van der Waals surface area contributed by atoms with E-state index in [1.165, 1.54) is 17.7 Å². The van der Waals surface area contributed by atoms with Crippen molar-refractivity contribution >= 4 is 11.6 Å². The number of nitrogens with zero attached hydrogens (tertiary/aromatic N) is 2. The number of hydrogen-bond donors (Lipinski definition) is 2. The molecule has 0 aromatic heterocycles. The van der Waals surface area contributed by atoms with Crippen LogP contribution in [0.4, 0.5) is 5.69 Å². The van der Waals surface area contributed by atoms with E-state index in [2.05, 4.69) is 34.7 Å². The molecule has 1 aliphatic heterocycles. The molecule has 1 heterocycles. The van der Waals surface area contributed by atoms with E-state index in [0.29, 0.717) is 19.0 Å². The molecule has 0 radical (unpaired) electrons. The molecule has 28 heavy (non-hydrogen) atoms. The molecule has 2 atom stereocenters. The summed E-state index contributed by atoms with van der Waals surface area (Å²) in [5, 5.41) is 17.6. The zero-order chi connectivity index (χ0) is 19.8. The van der Waals surface area contributed by atoms with Crippen molar-refractivity contribution in [2.45, 2.75) is 38.5 Å². The molecule has 2 unspecified atom stereocenters. The maximum atomic E-state index is 10.8. The van der Waals surface area contributed by atoms with Crippen LogP contribution >= 0.6 is 0 Å². The van der Waals surface area contributed by atoms with Gasteiger partial charge >= 0.3 is 0 Å². The summed E-state index contributed by atoms with van der Waals surface area (Å²) in [6, 6.07) is 16.7. The lowest BCUT2D eigenvalue weighted by Crippen LogP contribution is -2.42. The van der Waals surface area contributed by atoms with Crippen molar-refractivity contribution in [1.82, 2.24) is 10.6 Å². The highest BCUT2D eigenvalue weighted by Gasteiger charge is 2.16. The Hall–Kier alpha value is -2.93.